The Morgan fingerprint density at radius 2 is 2.12 bits per heavy atom. The standard InChI is InChI=1S/C20H23N3O2/c1-25-18-16(8-5-10-21-18)13-23-11-9-20(14-23)17(12-22-19(20)24)15-6-3-2-4-7-15/h2-8,10,17H,9,11-14H2,1H3,(H,22,24). The van der Waals surface area contributed by atoms with Crippen LogP contribution in [0.15, 0.2) is 48.7 Å². The Balaban J connectivity index is 1.56. The van der Waals surface area contributed by atoms with Crippen molar-refractivity contribution < 1.29 is 9.53 Å². The van der Waals surface area contributed by atoms with Crippen LogP contribution in [-0.4, -0.2) is 42.5 Å². The third-order valence-corrected chi connectivity index (χ3v) is 5.61. The molecule has 1 aromatic carbocycles. The Kier molecular flexibility index (Phi) is 4.17. The summed E-state index contributed by atoms with van der Waals surface area (Å²) in [5.41, 5.74) is 2.00. The molecule has 2 atom stereocenters. The van der Waals surface area contributed by atoms with E-state index < -0.39 is 0 Å². The molecule has 2 unspecified atom stereocenters. The van der Waals surface area contributed by atoms with Crippen molar-refractivity contribution in [1.29, 1.82) is 0 Å². The number of nitrogens with one attached hydrogen (secondary N) is 1. The summed E-state index contributed by atoms with van der Waals surface area (Å²) < 4.78 is 5.37. The van der Waals surface area contributed by atoms with Crippen LogP contribution in [0, 0.1) is 5.41 Å². The molecule has 2 aliphatic heterocycles. The Morgan fingerprint density at radius 1 is 1.28 bits per heavy atom. The summed E-state index contributed by atoms with van der Waals surface area (Å²) in [6.45, 7) is 3.17. The van der Waals surface area contributed by atoms with Crippen molar-refractivity contribution in [1.82, 2.24) is 15.2 Å². The van der Waals surface area contributed by atoms with Crippen molar-refractivity contribution in [2.75, 3.05) is 26.7 Å². The molecule has 1 N–H and O–H groups in total. The second-order valence-electron chi connectivity index (χ2n) is 6.96. The van der Waals surface area contributed by atoms with Gasteiger partial charge in [0.1, 0.15) is 0 Å². The zero-order valence-electron chi connectivity index (χ0n) is 14.4. The first-order valence-corrected chi connectivity index (χ1v) is 8.76. The highest BCUT2D eigenvalue weighted by Crippen LogP contribution is 2.47. The van der Waals surface area contributed by atoms with Gasteiger partial charge in [-0.05, 0) is 24.6 Å². The quantitative estimate of drug-likeness (QED) is 0.929. The van der Waals surface area contributed by atoms with Gasteiger partial charge in [-0.3, -0.25) is 9.69 Å². The lowest BCUT2D eigenvalue weighted by Crippen LogP contribution is -2.37. The first-order chi connectivity index (χ1) is 12.2. The minimum absolute atomic E-state index is 0.196. The summed E-state index contributed by atoms with van der Waals surface area (Å²) in [7, 11) is 1.65. The van der Waals surface area contributed by atoms with E-state index in [4.69, 9.17) is 4.74 Å². The molecule has 3 heterocycles. The van der Waals surface area contributed by atoms with Gasteiger partial charge in [-0.25, -0.2) is 4.98 Å². The van der Waals surface area contributed by atoms with Crippen LogP contribution in [-0.2, 0) is 11.3 Å². The normalized spacial score (nSPS) is 26.1. The number of nitrogens with zero attached hydrogens (tertiary/aromatic N) is 2. The SMILES string of the molecule is COc1ncccc1CN1CCC2(C1)C(=O)NCC2c1ccccc1. The van der Waals surface area contributed by atoms with Crippen molar-refractivity contribution in [3.63, 3.8) is 0 Å². The molecule has 2 fully saturated rings. The zero-order chi connectivity index (χ0) is 17.3. The van der Waals surface area contributed by atoms with E-state index in [9.17, 15) is 4.79 Å². The van der Waals surface area contributed by atoms with E-state index in [1.54, 1.807) is 13.3 Å². The molecule has 1 aromatic heterocycles. The van der Waals surface area contributed by atoms with Crippen LogP contribution in [0.1, 0.15) is 23.5 Å². The summed E-state index contributed by atoms with van der Waals surface area (Å²) in [5, 5.41) is 3.11. The number of ether oxygens (including phenoxy) is 1. The van der Waals surface area contributed by atoms with Crippen molar-refractivity contribution in [2.24, 2.45) is 5.41 Å². The molecule has 1 spiro atoms. The fraction of sp³-hybridized carbons (Fsp3) is 0.400. The molecule has 2 saturated heterocycles. The highest BCUT2D eigenvalue weighted by molar-refractivity contribution is 5.87. The van der Waals surface area contributed by atoms with Crippen LogP contribution < -0.4 is 10.1 Å². The van der Waals surface area contributed by atoms with Crippen LogP contribution in [0.2, 0.25) is 0 Å². The average Bonchev–Trinajstić information content (AvgIpc) is 3.21. The molecule has 5 nitrogen and oxygen atoms in total. The molecular formula is C20H23N3O2. The van der Waals surface area contributed by atoms with Gasteiger partial charge in [-0.15, -0.1) is 0 Å². The van der Waals surface area contributed by atoms with Gasteiger partial charge in [-0.1, -0.05) is 36.4 Å². The van der Waals surface area contributed by atoms with Gasteiger partial charge in [0.05, 0.1) is 12.5 Å². The lowest BCUT2D eigenvalue weighted by Gasteiger charge is -2.28. The van der Waals surface area contributed by atoms with E-state index >= 15 is 0 Å². The number of methoxy groups -OCH3 is 1. The van der Waals surface area contributed by atoms with E-state index in [1.807, 2.05) is 18.2 Å². The van der Waals surface area contributed by atoms with Crippen molar-refractivity contribution >= 4 is 5.91 Å². The summed E-state index contributed by atoms with van der Waals surface area (Å²) >= 11 is 0. The van der Waals surface area contributed by atoms with Gasteiger partial charge in [0.2, 0.25) is 11.8 Å². The summed E-state index contributed by atoms with van der Waals surface area (Å²) in [6.07, 6.45) is 2.63. The van der Waals surface area contributed by atoms with Crippen LogP contribution in [0.3, 0.4) is 0 Å². The topological polar surface area (TPSA) is 54.5 Å². The maximum Gasteiger partial charge on any atom is 0.228 e. The first-order valence-electron chi connectivity index (χ1n) is 8.76. The molecule has 2 aromatic rings. The van der Waals surface area contributed by atoms with E-state index in [1.165, 1.54) is 5.56 Å². The van der Waals surface area contributed by atoms with Gasteiger partial charge in [0.15, 0.2) is 0 Å². The van der Waals surface area contributed by atoms with Crippen molar-refractivity contribution in [3.8, 4) is 5.88 Å². The van der Waals surface area contributed by atoms with Gasteiger partial charge >= 0.3 is 0 Å². The molecule has 0 radical (unpaired) electrons. The Bertz CT molecular complexity index is 765. The number of likely N-dealkylation sites (tertiary alicyclic amines) is 1. The Hall–Kier alpha value is -2.40. The highest BCUT2D eigenvalue weighted by Gasteiger charge is 2.54. The van der Waals surface area contributed by atoms with E-state index in [0.29, 0.717) is 5.88 Å². The Labute approximate surface area is 148 Å². The van der Waals surface area contributed by atoms with Gasteiger partial charge in [0.25, 0.3) is 0 Å². The van der Waals surface area contributed by atoms with Crippen LogP contribution in [0.5, 0.6) is 5.88 Å². The smallest absolute Gasteiger partial charge is 0.228 e. The van der Waals surface area contributed by atoms with Crippen LogP contribution in [0.25, 0.3) is 0 Å². The predicted molar refractivity (Wildman–Crippen MR) is 95.3 cm³/mol. The number of benzene rings is 1. The van der Waals surface area contributed by atoms with E-state index in [2.05, 4.69) is 39.5 Å². The largest absolute Gasteiger partial charge is 0.481 e. The first kappa shape index (κ1) is 16.1. The van der Waals surface area contributed by atoms with Crippen molar-refractivity contribution in [3.05, 3.63) is 59.8 Å². The maximum atomic E-state index is 12.7. The fourth-order valence-corrected chi connectivity index (χ4v) is 4.34. The van der Waals surface area contributed by atoms with E-state index in [-0.39, 0.29) is 17.2 Å². The number of hydrogen-bond acceptors (Lipinski definition) is 4. The number of carbonyl (C=O) groups is 1. The highest BCUT2D eigenvalue weighted by atomic mass is 16.5. The third kappa shape index (κ3) is 2.78. The molecule has 0 bridgehead atoms. The second-order valence-corrected chi connectivity index (χ2v) is 6.96. The molecule has 130 valence electrons. The van der Waals surface area contributed by atoms with Gasteiger partial charge in [0, 0.05) is 37.3 Å². The Morgan fingerprint density at radius 3 is 2.92 bits per heavy atom. The predicted octanol–water partition coefficient (Wildman–Crippen LogP) is 2.20. The lowest BCUT2D eigenvalue weighted by molar-refractivity contribution is -0.127. The van der Waals surface area contributed by atoms with Gasteiger partial charge in [-0.2, -0.15) is 0 Å². The minimum Gasteiger partial charge on any atom is -0.481 e. The third-order valence-electron chi connectivity index (χ3n) is 5.61. The average molecular weight is 337 g/mol. The fourth-order valence-electron chi connectivity index (χ4n) is 4.34. The molecule has 1 amide bonds. The van der Waals surface area contributed by atoms with Crippen molar-refractivity contribution in [2.45, 2.75) is 18.9 Å². The number of aromatic nitrogens is 1. The minimum atomic E-state index is -0.323. The molecular weight excluding hydrogens is 314 g/mol. The molecule has 5 heteroatoms. The number of pyridine rings is 1. The van der Waals surface area contributed by atoms with E-state index in [0.717, 1.165) is 38.2 Å². The summed E-state index contributed by atoms with van der Waals surface area (Å²) in [6, 6.07) is 14.4. The number of amides is 1. The summed E-state index contributed by atoms with van der Waals surface area (Å²) in [4.78, 5) is 19.4. The molecule has 25 heavy (non-hydrogen) atoms. The molecule has 4 rings (SSSR count). The summed E-state index contributed by atoms with van der Waals surface area (Å²) in [5.74, 6) is 1.10. The number of rotatable bonds is 4. The zero-order valence-corrected chi connectivity index (χ0v) is 14.4. The van der Waals surface area contributed by atoms with Crippen LogP contribution >= 0.6 is 0 Å². The molecule has 0 aliphatic carbocycles. The molecule has 0 saturated carbocycles. The number of carbonyl (C=O) groups excluding carboxylic acids is 1. The monoisotopic (exact) mass is 337 g/mol. The number of hydrogen-bond donors (Lipinski definition) is 1. The molecule has 2 aliphatic rings. The second kappa shape index (κ2) is 6.48. The maximum absolute atomic E-state index is 12.7. The van der Waals surface area contributed by atoms with Crippen LogP contribution in [0.4, 0.5) is 0 Å². The lowest BCUT2D eigenvalue weighted by atomic mass is 9.73. The van der Waals surface area contributed by atoms with Gasteiger partial charge < -0.3 is 10.1 Å².